The van der Waals surface area contributed by atoms with E-state index >= 15 is 0 Å². The lowest BCUT2D eigenvalue weighted by Crippen LogP contribution is -2.14. The van der Waals surface area contributed by atoms with Gasteiger partial charge in [-0.3, -0.25) is 4.72 Å². The molecule has 1 aromatic heterocycles. The Kier molecular flexibility index (Phi) is 3.78. The summed E-state index contributed by atoms with van der Waals surface area (Å²) in [6.45, 7) is 2.04. The maximum atomic E-state index is 11.1. The van der Waals surface area contributed by atoms with E-state index in [-0.39, 0.29) is 5.75 Å². The van der Waals surface area contributed by atoms with Crippen LogP contribution in [0.5, 0.6) is 0 Å². The van der Waals surface area contributed by atoms with E-state index in [0.717, 1.165) is 5.01 Å². The van der Waals surface area contributed by atoms with Crippen molar-refractivity contribution in [3.63, 3.8) is 0 Å². The standard InChI is InChI=1S/C6H12N4O2S2/c1-2-14(11,12)10-6-9-8-5(13-6)3-4-7/h2-4,7H2,1H3,(H,9,10). The van der Waals surface area contributed by atoms with Crippen LogP contribution >= 0.6 is 11.3 Å². The summed E-state index contributed by atoms with van der Waals surface area (Å²) < 4.78 is 24.6. The van der Waals surface area contributed by atoms with Crippen molar-refractivity contribution in [1.82, 2.24) is 10.2 Å². The van der Waals surface area contributed by atoms with Crippen LogP contribution in [0.25, 0.3) is 0 Å². The summed E-state index contributed by atoms with van der Waals surface area (Å²) in [5.74, 6) is 0.0266. The predicted molar refractivity (Wildman–Crippen MR) is 55.8 cm³/mol. The lowest BCUT2D eigenvalue weighted by molar-refractivity contribution is 0.602. The van der Waals surface area contributed by atoms with Gasteiger partial charge in [-0.15, -0.1) is 10.2 Å². The highest BCUT2D eigenvalue weighted by Crippen LogP contribution is 2.16. The van der Waals surface area contributed by atoms with Crippen molar-refractivity contribution < 1.29 is 8.42 Å². The monoisotopic (exact) mass is 236 g/mol. The molecule has 0 saturated carbocycles. The molecule has 0 spiro atoms. The van der Waals surface area contributed by atoms with Crippen molar-refractivity contribution in [2.75, 3.05) is 17.0 Å². The summed E-state index contributed by atoms with van der Waals surface area (Å²) in [4.78, 5) is 0. The zero-order valence-electron chi connectivity index (χ0n) is 7.73. The van der Waals surface area contributed by atoms with Crippen LogP contribution in [-0.2, 0) is 16.4 Å². The van der Waals surface area contributed by atoms with Gasteiger partial charge in [0.25, 0.3) is 0 Å². The van der Waals surface area contributed by atoms with Gasteiger partial charge in [0, 0.05) is 6.42 Å². The molecular weight excluding hydrogens is 224 g/mol. The quantitative estimate of drug-likeness (QED) is 0.738. The molecule has 1 aromatic rings. The van der Waals surface area contributed by atoms with Gasteiger partial charge in [0.05, 0.1) is 5.75 Å². The Morgan fingerprint density at radius 3 is 2.79 bits per heavy atom. The van der Waals surface area contributed by atoms with E-state index in [2.05, 4.69) is 14.9 Å². The summed E-state index contributed by atoms with van der Waals surface area (Å²) in [6, 6.07) is 0. The lowest BCUT2D eigenvalue weighted by atomic mass is 10.5. The SMILES string of the molecule is CCS(=O)(=O)Nc1nnc(CCN)s1. The molecular formula is C6H12N4O2S2. The molecule has 14 heavy (non-hydrogen) atoms. The van der Waals surface area contributed by atoms with Gasteiger partial charge < -0.3 is 5.73 Å². The molecule has 0 fully saturated rings. The Bertz CT molecular complexity index is 386. The number of nitrogens with zero attached hydrogens (tertiary/aromatic N) is 2. The summed E-state index contributed by atoms with van der Waals surface area (Å²) in [5, 5.41) is 8.52. The van der Waals surface area contributed by atoms with E-state index in [0.29, 0.717) is 18.1 Å². The van der Waals surface area contributed by atoms with Crippen LogP contribution in [0.4, 0.5) is 5.13 Å². The Morgan fingerprint density at radius 1 is 1.50 bits per heavy atom. The van der Waals surface area contributed by atoms with Crippen LogP contribution < -0.4 is 10.5 Å². The first kappa shape index (κ1) is 11.3. The van der Waals surface area contributed by atoms with Gasteiger partial charge >= 0.3 is 0 Å². The molecule has 80 valence electrons. The zero-order valence-corrected chi connectivity index (χ0v) is 9.36. The smallest absolute Gasteiger partial charge is 0.234 e. The molecule has 8 heteroatoms. The molecule has 3 N–H and O–H groups in total. The number of sulfonamides is 1. The molecule has 0 saturated heterocycles. The second-order valence-electron chi connectivity index (χ2n) is 2.55. The van der Waals surface area contributed by atoms with Gasteiger partial charge in [0.2, 0.25) is 15.2 Å². The first-order valence-electron chi connectivity index (χ1n) is 4.10. The van der Waals surface area contributed by atoms with E-state index in [4.69, 9.17) is 5.73 Å². The van der Waals surface area contributed by atoms with Gasteiger partial charge in [0.15, 0.2) is 0 Å². The molecule has 0 unspecified atom stereocenters. The second-order valence-corrected chi connectivity index (χ2v) is 5.62. The number of hydrogen-bond acceptors (Lipinski definition) is 6. The number of nitrogens with two attached hydrogens (primary N) is 1. The third-order valence-electron chi connectivity index (χ3n) is 1.45. The Hall–Kier alpha value is -0.730. The number of hydrogen-bond donors (Lipinski definition) is 2. The average molecular weight is 236 g/mol. The molecule has 0 aliphatic heterocycles. The average Bonchev–Trinajstić information content (AvgIpc) is 2.53. The molecule has 1 rings (SSSR count). The topological polar surface area (TPSA) is 98.0 Å². The van der Waals surface area contributed by atoms with E-state index in [1.54, 1.807) is 6.92 Å². The van der Waals surface area contributed by atoms with Gasteiger partial charge in [-0.05, 0) is 13.5 Å². The van der Waals surface area contributed by atoms with Crippen molar-refractivity contribution in [2.24, 2.45) is 5.73 Å². The Morgan fingerprint density at radius 2 is 2.21 bits per heavy atom. The second kappa shape index (κ2) is 4.67. The Labute approximate surface area is 86.6 Å². The minimum atomic E-state index is -3.25. The largest absolute Gasteiger partial charge is 0.330 e. The molecule has 0 bridgehead atoms. The third-order valence-corrected chi connectivity index (χ3v) is 3.74. The van der Waals surface area contributed by atoms with E-state index in [1.807, 2.05) is 0 Å². The summed E-state index contributed by atoms with van der Waals surface area (Å²) in [6.07, 6.45) is 0.617. The van der Waals surface area contributed by atoms with E-state index in [1.165, 1.54) is 11.3 Å². The van der Waals surface area contributed by atoms with Crippen LogP contribution in [0.3, 0.4) is 0 Å². The van der Waals surface area contributed by atoms with Crippen molar-refractivity contribution in [2.45, 2.75) is 13.3 Å². The van der Waals surface area contributed by atoms with Crippen molar-refractivity contribution in [1.29, 1.82) is 0 Å². The molecule has 0 amide bonds. The van der Waals surface area contributed by atoms with Crippen LogP contribution in [0, 0.1) is 0 Å². The van der Waals surface area contributed by atoms with Crippen molar-refractivity contribution >= 4 is 26.5 Å². The maximum absolute atomic E-state index is 11.1. The molecule has 0 radical (unpaired) electrons. The van der Waals surface area contributed by atoms with Crippen LogP contribution in [-0.4, -0.2) is 30.9 Å². The first-order chi connectivity index (χ1) is 6.57. The van der Waals surface area contributed by atoms with E-state index < -0.39 is 10.0 Å². The fraction of sp³-hybridized carbons (Fsp3) is 0.667. The van der Waals surface area contributed by atoms with Gasteiger partial charge in [0.1, 0.15) is 5.01 Å². The fourth-order valence-corrected chi connectivity index (χ4v) is 2.33. The molecule has 0 atom stereocenters. The number of anilines is 1. The van der Waals surface area contributed by atoms with Crippen LogP contribution in [0.1, 0.15) is 11.9 Å². The summed E-state index contributed by atoms with van der Waals surface area (Å²) in [5.41, 5.74) is 5.32. The van der Waals surface area contributed by atoms with Gasteiger partial charge in [-0.25, -0.2) is 8.42 Å². The highest BCUT2D eigenvalue weighted by atomic mass is 32.2. The molecule has 6 nitrogen and oxygen atoms in total. The molecule has 0 aliphatic rings. The summed E-state index contributed by atoms with van der Waals surface area (Å²) >= 11 is 1.21. The highest BCUT2D eigenvalue weighted by Gasteiger charge is 2.10. The molecule has 0 aromatic carbocycles. The molecule has 1 heterocycles. The normalized spacial score (nSPS) is 11.6. The Balaban J connectivity index is 2.69. The maximum Gasteiger partial charge on any atom is 0.234 e. The fourth-order valence-electron chi connectivity index (χ4n) is 0.725. The van der Waals surface area contributed by atoms with Crippen LogP contribution in [0.2, 0.25) is 0 Å². The number of aromatic nitrogens is 2. The summed E-state index contributed by atoms with van der Waals surface area (Å²) in [7, 11) is -3.25. The minimum Gasteiger partial charge on any atom is -0.330 e. The number of nitrogens with one attached hydrogen (secondary N) is 1. The molecule has 0 aliphatic carbocycles. The van der Waals surface area contributed by atoms with Crippen molar-refractivity contribution in [3.8, 4) is 0 Å². The number of rotatable bonds is 5. The van der Waals surface area contributed by atoms with Crippen LogP contribution in [0.15, 0.2) is 0 Å². The van der Waals surface area contributed by atoms with Gasteiger partial charge in [-0.2, -0.15) is 0 Å². The van der Waals surface area contributed by atoms with Gasteiger partial charge in [-0.1, -0.05) is 11.3 Å². The lowest BCUT2D eigenvalue weighted by Gasteiger charge is -1.98. The predicted octanol–water partition coefficient (Wildman–Crippen LogP) is -0.199. The highest BCUT2D eigenvalue weighted by molar-refractivity contribution is 7.92. The minimum absolute atomic E-state index is 0.0266. The zero-order chi connectivity index (χ0) is 10.6. The van der Waals surface area contributed by atoms with Crippen molar-refractivity contribution in [3.05, 3.63) is 5.01 Å². The third kappa shape index (κ3) is 3.20. The van der Waals surface area contributed by atoms with E-state index in [9.17, 15) is 8.42 Å². The first-order valence-corrected chi connectivity index (χ1v) is 6.57.